The van der Waals surface area contributed by atoms with E-state index < -0.39 is 68.1 Å². The summed E-state index contributed by atoms with van der Waals surface area (Å²) in [6.45, 7) is -0.778. The molecule has 0 atom stereocenters. The Kier molecular flexibility index (Phi) is 5.94. The summed E-state index contributed by atoms with van der Waals surface area (Å²) in [5, 5.41) is -0.803. The molecule has 15 heteroatoms. The van der Waals surface area contributed by atoms with Gasteiger partial charge in [0.25, 0.3) is 15.9 Å². The summed E-state index contributed by atoms with van der Waals surface area (Å²) in [5.41, 5.74) is -2.47. The highest BCUT2D eigenvalue weighted by Gasteiger charge is 2.64. The van der Waals surface area contributed by atoms with E-state index in [-0.39, 0.29) is 22.0 Å². The molecule has 1 aromatic heterocycles. The normalized spacial score (nSPS) is 17.9. The standard InChI is InChI=1S/C18H15ClF7N3O3S/c1-8-13(15(30)29-6-16(20,21)17(22,23)7-29)14(9(2)27-8)33(31,32)28-10-3-4-11(12(19)5-10)18(24,25)26/h3-5,27-28H,6-7H2,1-2H3. The second-order valence-corrected chi connectivity index (χ2v) is 9.47. The fourth-order valence-electron chi connectivity index (χ4n) is 3.43. The molecule has 0 aliphatic carbocycles. The van der Waals surface area contributed by atoms with Crippen LogP contribution in [0.3, 0.4) is 0 Å². The van der Waals surface area contributed by atoms with E-state index in [1.165, 1.54) is 13.8 Å². The van der Waals surface area contributed by atoms with Crippen molar-refractivity contribution in [2.45, 2.75) is 36.8 Å². The van der Waals surface area contributed by atoms with E-state index in [0.29, 0.717) is 12.1 Å². The van der Waals surface area contributed by atoms with Gasteiger partial charge in [0.05, 0.1) is 34.9 Å². The molecule has 0 saturated carbocycles. The van der Waals surface area contributed by atoms with E-state index in [1.54, 1.807) is 0 Å². The summed E-state index contributed by atoms with van der Waals surface area (Å²) >= 11 is 5.58. The van der Waals surface area contributed by atoms with Crippen LogP contribution in [0.4, 0.5) is 36.4 Å². The molecule has 1 fully saturated rings. The maximum atomic E-state index is 13.6. The van der Waals surface area contributed by atoms with Crippen LogP contribution in [-0.4, -0.2) is 49.1 Å². The Labute approximate surface area is 187 Å². The maximum Gasteiger partial charge on any atom is 0.417 e. The number of likely N-dealkylation sites (tertiary alicyclic amines) is 1. The minimum Gasteiger partial charge on any atom is -0.361 e. The number of carbonyl (C=O) groups is 1. The SMILES string of the molecule is Cc1[nH]c(C)c(S(=O)(=O)Nc2ccc(C(F)(F)F)c(Cl)c2)c1C(=O)N1CC(F)(F)C(F)(F)C1. The first-order chi connectivity index (χ1) is 14.9. The Bertz CT molecular complexity index is 1210. The van der Waals surface area contributed by atoms with Crippen LogP contribution < -0.4 is 4.72 Å². The van der Waals surface area contributed by atoms with Crippen LogP contribution >= 0.6 is 11.6 Å². The van der Waals surface area contributed by atoms with E-state index in [4.69, 9.17) is 11.6 Å². The zero-order valence-electron chi connectivity index (χ0n) is 16.8. The summed E-state index contributed by atoms with van der Waals surface area (Å²) in [4.78, 5) is 14.7. The number of aromatic nitrogens is 1. The topological polar surface area (TPSA) is 82.3 Å². The number of rotatable bonds is 4. The van der Waals surface area contributed by atoms with Crippen molar-refractivity contribution in [3.63, 3.8) is 0 Å². The molecule has 2 N–H and O–H groups in total. The highest BCUT2D eigenvalue weighted by atomic mass is 35.5. The zero-order chi connectivity index (χ0) is 25.1. The fourth-order valence-corrected chi connectivity index (χ4v) is 5.23. The lowest BCUT2D eigenvalue weighted by atomic mass is 10.2. The Hall–Kier alpha value is -2.48. The molecular formula is C18H15ClF7N3O3S. The quantitative estimate of drug-likeness (QED) is 0.565. The largest absolute Gasteiger partial charge is 0.417 e. The average Bonchev–Trinajstić information content (AvgIpc) is 3.04. The van der Waals surface area contributed by atoms with Crippen LogP contribution in [0.15, 0.2) is 23.1 Å². The second kappa shape index (κ2) is 7.79. The van der Waals surface area contributed by atoms with Gasteiger partial charge in [-0.3, -0.25) is 9.52 Å². The van der Waals surface area contributed by atoms with Gasteiger partial charge in [-0.05, 0) is 32.0 Å². The predicted octanol–water partition coefficient (Wildman–Crippen LogP) is 4.83. The molecular weight excluding hydrogens is 507 g/mol. The van der Waals surface area contributed by atoms with Gasteiger partial charge in [-0.2, -0.15) is 30.7 Å². The number of anilines is 1. The molecule has 0 radical (unpaired) electrons. The van der Waals surface area contributed by atoms with Gasteiger partial charge in [0.2, 0.25) is 0 Å². The third-order valence-electron chi connectivity index (χ3n) is 4.93. The van der Waals surface area contributed by atoms with Crippen molar-refractivity contribution in [2.75, 3.05) is 17.8 Å². The number of aryl methyl sites for hydroxylation is 2. The molecule has 182 valence electrons. The van der Waals surface area contributed by atoms with Crippen molar-refractivity contribution in [1.82, 2.24) is 9.88 Å². The minimum atomic E-state index is -4.79. The summed E-state index contributed by atoms with van der Waals surface area (Å²) < 4.78 is 121. The predicted molar refractivity (Wildman–Crippen MR) is 103 cm³/mol. The summed E-state index contributed by atoms with van der Waals surface area (Å²) in [5.74, 6) is -10.4. The number of hydrogen-bond donors (Lipinski definition) is 2. The number of halogens is 8. The molecule has 0 spiro atoms. The molecule has 33 heavy (non-hydrogen) atoms. The number of sulfonamides is 1. The number of alkyl halides is 7. The third kappa shape index (κ3) is 4.50. The van der Waals surface area contributed by atoms with Crippen molar-refractivity contribution in [3.05, 3.63) is 45.7 Å². The summed E-state index contributed by atoms with van der Waals surface area (Å²) in [7, 11) is -4.69. The van der Waals surface area contributed by atoms with Crippen molar-refractivity contribution < 1.29 is 43.9 Å². The van der Waals surface area contributed by atoms with Crippen LogP contribution in [-0.2, 0) is 16.2 Å². The number of carbonyl (C=O) groups excluding carboxylic acids is 1. The van der Waals surface area contributed by atoms with Gasteiger partial charge in [-0.15, -0.1) is 0 Å². The molecule has 1 saturated heterocycles. The molecule has 1 aromatic carbocycles. The second-order valence-electron chi connectivity index (χ2n) is 7.45. The first kappa shape index (κ1) is 25.1. The van der Waals surface area contributed by atoms with Crippen LogP contribution in [0.2, 0.25) is 5.02 Å². The van der Waals surface area contributed by atoms with Crippen molar-refractivity contribution in [3.8, 4) is 0 Å². The van der Waals surface area contributed by atoms with E-state index in [1.807, 2.05) is 4.72 Å². The van der Waals surface area contributed by atoms with E-state index in [0.717, 1.165) is 6.07 Å². The number of amides is 1. The van der Waals surface area contributed by atoms with Gasteiger partial charge >= 0.3 is 18.0 Å². The van der Waals surface area contributed by atoms with Crippen molar-refractivity contribution in [2.24, 2.45) is 0 Å². The number of H-pyrrole nitrogens is 1. The molecule has 0 bridgehead atoms. The average molecular weight is 522 g/mol. The Morgan fingerprint density at radius 2 is 1.64 bits per heavy atom. The molecule has 1 amide bonds. The lowest BCUT2D eigenvalue weighted by Gasteiger charge is -2.17. The van der Waals surface area contributed by atoms with Gasteiger partial charge < -0.3 is 9.88 Å². The first-order valence-corrected chi connectivity index (χ1v) is 10.9. The van der Waals surface area contributed by atoms with Gasteiger partial charge in [0.1, 0.15) is 4.90 Å². The van der Waals surface area contributed by atoms with Crippen LogP contribution in [0, 0.1) is 13.8 Å². The molecule has 2 heterocycles. The van der Waals surface area contributed by atoms with Gasteiger partial charge in [-0.25, -0.2) is 8.42 Å². The Morgan fingerprint density at radius 1 is 1.09 bits per heavy atom. The van der Waals surface area contributed by atoms with Crippen LogP contribution in [0.1, 0.15) is 27.3 Å². The summed E-state index contributed by atoms with van der Waals surface area (Å²) in [6, 6.07) is 2.01. The molecule has 1 aliphatic rings. The molecule has 1 aliphatic heterocycles. The fraction of sp³-hybridized carbons (Fsp3) is 0.389. The van der Waals surface area contributed by atoms with Gasteiger partial charge in [0, 0.05) is 11.4 Å². The summed E-state index contributed by atoms with van der Waals surface area (Å²) in [6.07, 6.45) is -4.79. The highest BCUT2D eigenvalue weighted by Crippen LogP contribution is 2.42. The molecule has 0 unspecified atom stereocenters. The van der Waals surface area contributed by atoms with Gasteiger partial charge in [-0.1, -0.05) is 11.6 Å². The Balaban J connectivity index is 1.99. The number of aromatic amines is 1. The molecule has 2 aromatic rings. The lowest BCUT2D eigenvalue weighted by molar-refractivity contribution is -0.172. The zero-order valence-corrected chi connectivity index (χ0v) is 18.3. The highest BCUT2D eigenvalue weighted by molar-refractivity contribution is 7.92. The number of nitrogens with one attached hydrogen (secondary N) is 2. The molecule has 3 rings (SSSR count). The minimum absolute atomic E-state index is 0.0955. The lowest BCUT2D eigenvalue weighted by Crippen LogP contribution is -2.38. The van der Waals surface area contributed by atoms with Gasteiger partial charge in [0.15, 0.2) is 0 Å². The van der Waals surface area contributed by atoms with Crippen LogP contribution in [0.5, 0.6) is 0 Å². The Morgan fingerprint density at radius 3 is 2.12 bits per heavy atom. The first-order valence-electron chi connectivity index (χ1n) is 9.01. The third-order valence-corrected chi connectivity index (χ3v) is 6.79. The van der Waals surface area contributed by atoms with E-state index in [9.17, 15) is 43.9 Å². The van der Waals surface area contributed by atoms with E-state index in [2.05, 4.69) is 4.98 Å². The maximum absolute atomic E-state index is 13.6. The molecule has 6 nitrogen and oxygen atoms in total. The van der Waals surface area contributed by atoms with Crippen molar-refractivity contribution >= 4 is 33.2 Å². The van der Waals surface area contributed by atoms with Crippen LogP contribution in [0.25, 0.3) is 0 Å². The number of nitrogens with zero attached hydrogens (tertiary/aromatic N) is 1. The van der Waals surface area contributed by atoms with Crippen molar-refractivity contribution in [1.29, 1.82) is 0 Å². The van der Waals surface area contributed by atoms with E-state index >= 15 is 0 Å². The smallest absolute Gasteiger partial charge is 0.361 e. The number of benzene rings is 1. The monoisotopic (exact) mass is 521 g/mol. The number of hydrogen-bond acceptors (Lipinski definition) is 3.